The number of benzene rings is 4. The Hall–Kier alpha value is -4.64. The molecule has 0 fully saturated rings. The minimum Gasteiger partial charge on any atom is -0.478 e. The maximum absolute atomic E-state index is 13.2. The van der Waals surface area contributed by atoms with E-state index >= 15 is 0 Å². The Bertz CT molecular complexity index is 1720. The molecule has 1 aliphatic rings. The Morgan fingerprint density at radius 1 is 0.872 bits per heavy atom. The molecule has 0 amide bonds. The van der Waals surface area contributed by atoms with Crippen molar-refractivity contribution in [3.63, 3.8) is 0 Å². The number of hydrogen-bond donors (Lipinski definition) is 1. The van der Waals surface area contributed by atoms with Crippen molar-refractivity contribution in [2.45, 2.75) is 25.9 Å². The first-order valence-corrected chi connectivity index (χ1v) is 12.8. The molecule has 0 saturated heterocycles. The Morgan fingerprint density at radius 2 is 1.62 bits per heavy atom. The molecule has 5 heteroatoms. The highest BCUT2D eigenvalue weighted by atomic mass is 16.5. The summed E-state index contributed by atoms with van der Waals surface area (Å²) in [6.07, 6.45) is 0. The summed E-state index contributed by atoms with van der Waals surface area (Å²) >= 11 is 0. The van der Waals surface area contributed by atoms with Gasteiger partial charge in [0.1, 0.15) is 6.61 Å². The van der Waals surface area contributed by atoms with E-state index in [9.17, 15) is 14.7 Å². The van der Waals surface area contributed by atoms with Crippen LogP contribution in [0.1, 0.15) is 62.4 Å². The highest BCUT2D eigenvalue weighted by molar-refractivity contribution is 6.07. The first-order chi connectivity index (χ1) is 18.6. The van der Waals surface area contributed by atoms with Gasteiger partial charge in [0.15, 0.2) is 0 Å². The normalized spacial score (nSPS) is 13.3. The lowest BCUT2D eigenvalue weighted by molar-refractivity contribution is 0.0463. The van der Waals surface area contributed by atoms with E-state index in [1.807, 2.05) is 62.6 Å². The predicted molar refractivity (Wildman–Crippen MR) is 155 cm³/mol. The number of carboxylic acid groups (broad SMARTS) is 1. The van der Waals surface area contributed by atoms with Crippen LogP contribution >= 0.6 is 0 Å². The zero-order valence-corrected chi connectivity index (χ0v) is 22.6. The number of ether oxygens (including phenoxy) is 1. The second kappa shape index (κ2) is 9.91. The summed E-state index contributed by atoms with van der Waals surface area (Å²) in [5.41, 5.74) is 5.79. The predicted octanol–water partition coefficient (Wildman–Crippen LogP) is 5.10. The first-order valence-electron chi connectivity index (χ1n) is 12.8. The van der Waals surface area contributed by atoms with Gasteiger partial charge in [0.05, 0.1) is 11.1 Å². The zero-order valence-electron chi connectivity index (χ0n) is 22.6. The van der Waals surface area contributed by atoms with E-state index in [2.05, 4.69) is 43.5 Å². The number of aromatic carboxylic acids is 1. The van der Waals surface area contributed by atoms with Gasteiger partial charge in [-0.1, -0.05) is 87.2 Å². The van der Waals surface area contributed by atoms with Crippen molar-refractivity contribution in [2.24, 2.45) is 0 Å². The van der Waals surface area contributed by atoms with E-state index in [0.717, 1.165) is 44.0 Å². The van der Waals surface area contributed by atoms with E-state index in [-0.39, 0.29) is 23.1 Å². The molecule has 0 heterocycles. The molecule has 0 aliphatic heterocycles. The van der Waals surface area contributed by atoms with Gasteiger partial charge in [-0.25, -0.2) is 9.59 Å². The van der Waals surface area contributed by atoms with Gasteiger partial charge < -0.3 is 14.7 Å². The largest absolute Gasteiger partial charge is 0.478 e. The van der Waals surface area contributed by atoms with Crippen LogP contribution in [0.15, 0.2) is 84.9 Å². The van der Waals surface area contributed by atoms with Gasteiger partial charge in [-0.2, -0.15) is 0 Å². The fraction of sp³-hybridized carbons (Fsp3) is 0.176. The van der Waals surface area contributed by atoms with Crippen molar-refractivity contribution in [1.29, 1.82) is 0 Å². The van der Waals surface area contributed by atoms with E-state index in [0.29, 0.717) is 5.56 Å². The highest BCUT2D eigenvalue weighted by Gasteiger charge is 2.35. The zero-order chi connectivity index (χ0) is 27.9. The number of nitrogens with zero attached hydrogens (tertiary/aromatic N) is 1. The van der Waals surface area contributed by atoms with Crippen LogP contribution in [0.4, 0.5) is 5.69 Å². The van der Waals surface area contributed by atoms with Gasteiger partial charge in [0, 0.05) is 25.2 Å². The van der Waals surface area contributed by atoms with Crippen molar-refractivity contribution < 1.29 is 19.4 Å². The third kappa shape index (κ3) is 4.61. The van der Waals surface area contributed by atoms with Crippen molar-refractivity contribution in [2.75, 3.05) is 19.0 Å². The van der Waals surface area contributed by atoms with Crippen molar-refractivity contribution in [3.05, 3.63) is 134 Å². The van der Waals surface area contributed by atoms with Crippen LogP contribution in [-0.2, 0) is 16.8 Å². The minimum atomic E-state index is -1.18. The average Bonchev–Trinajstić information content (AvgIpc) is 2.92. The van der Waals surface area contributed by atoms with E-state index in [4.69, 9.17) is 4.74 Å². The van der Waals surface area contributed by atoms with E-state index in [1.54, 1.807) is 12.1 Å². The van der Waals surface area contributed by atoms with Crippen molar-refractivity contribution in [3.8, 4) is 0 Å². The molecule has 0 spiro atoms. The summed E-state index contributed by atoms with van der Waals surface area (Å²) in [6, 6.07) is 26.6. The number of hydrogen-bond acceptors (Lipinski definition) is 4. The molecule has 4 aromatic rings. The number of carbonyl (C=O) groups excluding carboxylic acids is 1. The molecule has 196 valence electrons. The summed E-state index contributed by atoms with van der Waals surface area (Å²) in [7, 11) is 3.99. The van der Waals surface area contributed by atoms with Crippen LogP contribution in [-0.4, -0.2) is 31.1 Å². The molecular formula is C34H31NO4. The molecule has 0 aromatic heterocycles. The highest BCUT2D eigenvalue weighted by Crippen LogP contribution is 2.42. The average molecular weight is 518 g/mol. The number of anilines is 1. The third-order valence-electron chi connectivity index (χ3n) is 7.47. The van der Waals surface area contributed by atoms with Crippen LogP contribution in [0, 0.1) is 0 Å². The number of rotatable bonds is 6. The molecule has 0 saturated carbocycles. The quantitative estimate of drug-likeness (QED) is 0.360. The fourth-order valence-electron chi connectivity index (χ4n) is 5.41. The Balaban J connectivity index is 1.76. The summed E-state index contributed by atoms with van der Waals surface area (Å²) in [6.45, 7) is 8.56. The standard InChI is InChI=1S/C34H31NO4/c1-21-14-16-24-28(18-21)34(2,3)29-19-23(35(4)5)15-17-25(29)30(24)26-12-9-13-27(31(26)32(36)37)33(38)39-20-22-10-7-6-8-11-22/h6-19H,1,20H2,2-5H3,(H,36,37). The molecule has 0 bridgehead atoms. The lowest BCUT2D eigenvalue weighted by Crippen LogP contribution is -2.36. The smallest absolute Gasteiger partial charge is 0.339 e. The molecule has 5 nitrogen and oxygen atoms in total. The minimum absolute atomic E-state index is 0.0232. The molecule has 5 rings (SSSR count). The molecular weight excluding hydrogens is 486 g/mol. The summed E-state index contributed by atoms with van der Waals surface area (Å²) in [5.74, 6) is -1.86. The first kappa shape index (κ1) is 26.0. The van der Waals surface area contributed by atoms with Crippen LogP contribution in [0.5, 0.6) is 0 Å². The lowest BCUT2D eigenvalue weighted by Gasteiger charge is -2.35. The molecule has 1 N–H and O–H groups in total. The molecule has 0 radical (unpaired) electrons. The van der Waals surface area contributed by atoms with Crippen molar-refractivity contribution in [1.82, 2.24) is 0 Å². The monoisotopic (exact) mass is 517 g/mol. The second-order valence-electron chi connectivity index (χ2n) is 10.6. The van der Waals surface area contributed by atoms with E-state index in [1.165, 1.54) is 6.07 Å². The topological polar surface area (TPSA) is 66.8 Å². The van der Waals surface area contributed by atoms with Crippen LogP contribution in [0.25, 0.3) is 12.2 Å². The Morgan fingerprint density at radius 3 is 2.31 bits per heavy atom. The Labute approximate surface area is 228 Å². The van der Waals surface area contributed by atoms with Gasteiger partial charge in [-0.3, -0.25) is 0 Å². The SMILES string of the molecule is C=c1ccc2c(c1)C(C)(C)c1cc(N(C)C)ccc1C=2c1cccc(C(=O)OCc2ccccc2)c1C(=O)O. The van der Waals surface area contributed by atoms with Gasteiger partial charge in [-0.05, 0) is 62.0 Å². The third-order valence-corrected chi connectivity index (χ3v) is 7.47. The van der Waals surface area contributed by atoms with Crippen molar-refractivity contribution >= 4 is 29.8 Å². The number of carbonyl (C=O) groups is 2. The lowest BCUT2D eigenvalue weighted by atomic mass is 9.68. The number of fused-ring (bicyclic) bond motifs is 2. The van der Waals surface area contributed by atoms with Crippen LogP contribution < -0.4 is 15.3 Å². The molecule has 0 atom stereocenters. The number of esters is 1. The van der Waals surface area contributed by atoms with Crippen LogP contribution in [0.2, 0.25) is 0 Å². The van der Waals surface area contributed by atoms with Gasteiger partial charge >= 0.3 is 11.9 Å². The Kier molecular flexibility index (Phi) is 6.61. The van der Waals surface area contributed by atoms with Gasteiger partial charge in [0.25, 0.3) is 0 Å². The molecule has 0 unspecified atom stereocenters. The summed E-state index contributed by atoms with van der Waals surface area (Å²) in [5, 5.41) is 12.2. The molecule has 4 aromatic carbocycles. The molecule has 39 heavy (non-hydrogen) atoms. The van der Waals surface area contributed by atoms with E-state index < -0.39 is 11.9 Å². The van der Waals surface area contributed by atoms with Gasteiger partial charge in [-0.15, -0.1) is 0 Å². The maximum Gasteiger partial charge on any atom is 0.339 e. The fourth-order valence-corrected chi connectivity index (χ4v) is 5.41. The van der Waals surface area contributed by atoms with Gasteiger partial charge in [0.2, 0.25) is 0 Å². The number of carboxylic acids is 1. The summed E-state index contributed by atoms with van der Waals surface area (Å²) in [4.78, 5) is 28.1. The second-order valence-corrected chi connectivity index (χ2v) is 10.6. The summed E-state index contributed by atoms with van der Waals surface area (Å²) < 4.78 is 5.55. The maximum atomic E-state index is 13.2. The molecule has 1 aliphatic carbocycles. The van der Waals surface area contributed by atoms with Crippen LogP contribution in [0.3, 0.4) is 0 Å².